The molecule has 0 rings (SSSR count). The molecule has 22 heavy (non-hydrogen) atoms. The van der Waals surface area contributed by atoms with Gasteiger partial charge in [-0.05, 0) is 65.7 Å². The van der Waals surface area contributed by atoms with Gasteiger partial charge in [0.1, 0.15) is 0 Å². The molecule has 0 radical (unpaired) electrons. The van der Waals surface area contributed by atoms with Gasteiger partial charge in [-0.2, -0.15) is 0 Å². The van der Waals surface area contributed by atoms with E-state index in [0.717, 1.165) is 24.9 Å². The fourth-order valence-electron chi connectivity index (χ4n) is 2.81. The van der Waals surface area contributed by atoms with Crippen LogP contribution in [0.2, 0.25) is 12.1 Å². The van der Waals surface area contributed by atoms with E-state index in [4.69, 9.17) is 29.2 Å². The van der Waals surface area contributed by atoms with Crippen LogP contribution in [-0.4, -0.2) is 55.7 Å². The van der Waals surface area contributed by atoms with Crippen LogP contribution in [0.1, 0.15) is 40.5 Å². The lowest BCUT2D eigenvalue weighted by Gasteiger charge is -2.43. The van der Waals surface area contributed by atoms with Crippen LogP contribution >= 0.6 is 0 Å². The molecular weight excluding hydrogens is 316 g/mol. The molecule has 0 fully saturated rings. The molecule has 0 spiro atoms. The average Bonchev–Trinajstić information content (AvgIpc) is 2.50. The van der Waals surface area contributed by atoms with Crippen molar-refractivity contribution in [2.45, 2.75) is 52.6 Å². The molecule has 8 heteroatoms. The van der Waals surface area contributed by atoms with E-state index in [0.29, 0.717) is 39.5 Å². The molecule has 0 aromatic heterocycles. The van der Waals surface area contributed by atoms with Gasteiger partial charge >= 0.3 is 8.32 Å². The van der Waals surface area contributed by atoms with Gasteiger partial charge in [-0.25, -0.2) is 0 Å². The Hall–Kier alpha value is 0.194. The standard InChI is InChI=1S/C14H36N2O4Si2/c1-5-17-21(13-9-11-15,14-10-12-16)22(18-6-2,19-7-3)20-8-4/h5-16H2,1-4H3. The topological polar surface area (TPSA) is 89.0 Å². The van der Waals surface area contributed by atoms with Gasteiger partial charge in [0, 0.05) is 26.4 Å². The molecule has 0 bridgehead atoms. The van der Waals surface area contributed by atoms with Crippen molar-refractivity contribution in [3.63, 3.8) is 0 Å². The first-order valence-electron chi connectivity index (χ1n) is 8.57. The van der Waals surface area contributed by atoms with Crippen LogP contribution in [0.4, 0.5) is 0 Å². The van der Waals surface area contributed by atoms with Crippen molar-refractivity contribution in [2.75, 3.05) is 39.5 Å². The highest BCUT2D eigenvalue weighted by molar-refractivity contribution is 7.32. The Balaban J connectivity index is 5.69. The summed E-state index contributed by atoms with van der Waals surface area (Å²) in [4.78, 5) is 0. The minimum absolute atomic E-state index is 0.569. The third-order valence-electron chi connectivity index (χ3n) is 3.55. The molecule has 0 atom stereocenters. The first-order chi connectivity index (χ1) is 10.6. The van der Waals surface area contributed by atoms with E-state index in [1.807, 2.05) is 27.7 Å². The van der Waals surface area contributed by atoms with Crippen LogP contribution in [0, 0.1) is 0 Å². The molecule has 4 N–H and O–H groups in total. The van der Waals surface area contributed by atoms with E-state index in [2.05, 4.69) is 0 Å². The van der Waals surface area contributed by atoms with Crippen molar-refractivity contribution in [3.8, 4) is 0 Å². The second-order valence-electron chi connectivity index (χ2n) is 5.07. The molecule has 0 aliphatic carbocycles. The summed E-state index contributed by atoms with van der Waals surface area (Å²) in [6.45, 7) is 11.6. The SMILES string of the molecule is CCO[Si](CCCN)(CCCN)[Si](OCC)(OCC)OCC. The lowest BCUT2D eigenvalue weighted by atomic mass is 10.5. The number of hydrogen-bond acceptors (Lipinski definition) is 6. The summed E-state index contributed by atoms with van der Waals surface area (Å²) in [7, 11) is -5.23. The van der Waals surface area contributed by atoms with E-state index in [1.54, 1.807) is 0 Å². The molecule has 0 saturated heterocycles. The van der Waals surface area contributed by atoms with Crippen molar-refractivity contribution in [1.82, 2.24) is 0 Å². The van der Waals surface area contributed by atoms with Crippen molar-refractivity contribution in [1.29, 1.82) is 0 Å². The zero-order chi connectivity index (χ0) is 16.9. The highest BCUT2D eigenvalue weighted by Crippen LogP contribution is 2.34. The summed E-state index contributed by atoms with van der Waals surface area (Å²) in [5.74, 6) is 0. The van der Waals surface area contributed by atoms with Gasteiger partial charge in [0.05, 0.1) is 0 Å². The summed E-state index contributed by atoms with van der Waals surface area (Å²) >= 11 is 0. The zero-order valence-electron chi connectivity index (χ0n) is 14.9. The lowest BCUT2D eigenvalue weighted by Crippen LogP contribution is -2.70. The van der Waals surface area contributed by atoms with Crippen LogP contribution < -0.4 is 11.5 Å². The van der Waals surface area contributed by atoms with Crippen molar-refractivity contribution in [3.05, 3.63) is 0 Å². The second-order valence-corrected chi connectivity index (χ2v) is 14.9. The maximum absolute atomic E-state index is 6.37. The van der Waals surface area contributed by atoms with E-state index >= 15 is 0 Å². The normalized spacial score (nSPS) is 12.8. The van der Waals surface area contributed by atoms with Crippen molar-refractivity contribution < 1.29 is 17.7 Å². The molecule has 0 amide bonds. The average molecular weight is 353 g/mol. The summed E-state index contributed by atoms with van der Waals surface area (Å²) < 4.78 is 24.9. The molecule has 0 aromatic rings. The zero-order valence-corrected chi connectivity index (χ0v) is 16.9. The van der Waals surface area contributed by atoms with Crippen LogP contribution in [-0.2, 0) is 17.7 Å². The van der Waals surface area contributed by atoms with Gasteiger partial charge in [0.15, 0.2) is 0 Å². The van der Waals surface area contributed by atoms with E-state index in [9.17, 15) is 0 Å². The van der Waals surface area contributed by atoms with Crippen LogP contribution in [0.15, 0.2) is 0 Å². The minimum atomic E-state index is -2.87. The quantitative estimate of drug-likeness (QED) is 0.437. The Bertz CT molecular complexity index is 248. The maximum atomic E-state index is 6.37. The fourth-order valence-corrected chi connectivity index (χ4v) is 15.9. The fraction of sp³-hybridized carbons (Fsp3) is 1.00. The van der Waals surface area contributed by atoms with Gasteiger partial charge < -0.3 is 29.2 Å². The largest absolute Gasteiger partial charge is 0.503 e. The molecule has 0 heterocycles. The maximum Gasteiger partial charge on any atom is 0.503 e. The smallest absolute Gasteiger partial charge is 0.411 e. The number of nitrogens with two attached hydrogens (primary N) is 2. The molecule has 6 nitrogen and oxygen atoms in total. The summed E-state index contributed by atoms with van der Waals surface area (Å²) in [5.41, 5.74) is 11.5. The van der Waals surface area contributed by atoms with Crippen LogP contribution in [0.3, 0.4) is 0 Å². The highest BCUT2D eigenvalue weighted by Gasteiger charge is 2.64. The van der Waals surface area contributed by atoms with Gasteiger partial charge in [-0.15, -0.1) is 0 Å². The molecule has 0 aliphatic rings. The predicted molar refractivity (Wildman–Crippen MR) is 95.0 cm³/mol. The van der Waals surface area contributed by atoms with E-state index in [1.165, 1.54) is 0 Å². The summed E-state index contributed by atoms with van der Waals surface area (Å²) in [6.07, 6.45) is 1.80. The summed E-state index contributed by atoms with van der Waals surface area (Å²) in [6, 6.07) is 1.81. The number of hydrogen-bond donors (Lipinski definition) is 2. The molecule has 0 aliphatic heterocycles. The van der Waals surface area contributed by atoms with Gasteiger partial charge in [0.25, 0.3) is 7.83 Å². The van der Waals surface area contributed by atoms with E-state index in [-0.39, 0.29) is 0 Å². The van der Waals surface area contributed by atoms with Gasteiger partial charge in [-0.3, -0.25) is 0 Å². The Morgan fingerprint density at radius 2 is 1.00 bits per heavy atom. The second kappa shape index (κ2) is 12.6. The van der Waals surface area contributed by atoms with Gasteiger partial charge in [0.2, 0.25) is 0 Å². The van der Waals surface area contributed by atoms with Crippen LogP contribution in [0.25, 0.3) is 0 Å². The van der Waals surface area contributed by atoms with Crippen molar-refractivity contribution >= 4 is 16.2 Å². The Kier molecular flexibility index (Phi) is 12.7. The Morgan fingerprint density at radius 1 is 0.636 bits per heavy atom. The Labute approximate surface area is 138 Å². The highest BCUT2D eigenvalue weighted by atomic mass is 29.3. The number of rotatable bonds is 15. The first-order valence-corrected chi connectivity index (χ1v) is 13.6. The van der Waals surface area contributed by atoms with E-state index < -0.39 is 16.2 Å². The third kappa shape index (κ3) is 6.01. The summed E-state index contributed by atoms with van der Waals surface area (Å²) in [5, 5.41) is 0. The molecule has 0 aromatic carbocycles. The van der Waals surface area contributed by atoms with Crippen molar-refractivity contribution in [2.24, 2.45) is 11.5 Å². The third-order valence-corrected chi connectivity index (χ3v) is 16.4. The first kappa shape index (κ1) is 22.2. The molecule has 0 saturated carbocycles. The van der Waals surface area contributed by atoms with Crippen LogP contribution in [0.5, 0.6) is 0 Å². The predicted octanol–water partition coefficient (Wildman–Crippen LogP) is 1.79. The Morgan fingerprint density at radius 3 is 1.27 bits per heavy atom. The molecular formula is C14H36N2O4Si2. The monoisotopic (exact) mass is 352 g/mol. The lowest BCUT2D eigenvalue weighted by molar-refractivity contribution is 0.0814. The molecule has 0 unspecified atom stereocenters. The minimum Gasteiger partial charge on any atom is -0.411 e. The molecule has 134 valence electrons. The van der Waals surface area contributed by atoms with Gasteiger partial charge in [-0.1, -0.05) is 0 Å².